The molecule has 2 N–H and O–H groups in total. The van der Waals surface area contributed by atoms with Crippen LogP contribution in [0.25, 0.3) is 0 Å². The van der Waals surface area contributed by atoms with Gasteiger partial charge in [-0.1, -0.05) is 64.5 Å². The second-order valence-corrected chi connectivity index (χ2v) is 5.94. The van der Waals surface area contributed by atoms with Gasteiger partial charge in [-0.15, -0.1) is 0 Å². The lowest BCUT2D eigenvalue weighted by atomic mass is 10.0. The number of nitrogens with zero attached hydrogens (tertiary/aromatic N) is 1. The molecular formula is C17H21BrN2. The van der Waals surface area contributed by atoms with E-state index in [1.54, 1.807) is 0 Å². The molecule has 0 aliphatic carbocycles. The molecule has 0 amide bonds. The standard InChI is InChI=1S/C17H21BrN2/c1-20(13-15-9-5-6-10-17(15)18)16(12-19)11-14-7-3-2-4-8-14/h2-10,16H,11-13,19H2,1H3. The molecule has 20 heavy (non-hydrogen) atoms. The molecule has 106 valence electrons. The smallest absolute Gasteiger partial charge is 0.0259 e. The Kier molecular flexibility index (Phi) is 5.77. The van der Waals surface area contributed by atoms with Gasteiger partial charge < -0.3 is 5.73 Å². The van der Waals surface area contributed by atoms with Crippen LogP contribution in [0.2, 0.25) is 0 Å². The maximum absolute atomic E-state index is 5.96. The average molecular weight is 333 g/mol. The Morgan fingerprint density at radius 1 is 1.05 bits per heavy atom. The van der Waals surface area contributed by atoms with Gasteiger partial charge in [0.15, 0.2) is 0 Å². The van der Waals surface area contributed by atoms with Crippen LogP contribution in [0.1, 0.15) is 11.1 Å². The first-order valence-electron chi connectivity index (χ1n) is 6.88. The number of halogens is 1. The Bertz CT molecular complexity index is 528. The molecule has 1 atom stereocenters. The third kappa shape index (κ3) is 4.17. The maximum atomic E-state index is 5.96. The number of hydrogen-bond acceptors (Lipinski definition) is 2. The lowest BCUT2D eigenvalue weighted by Crippen LogP contribution is -2.39. The number of nitrogens with two attached hydrogens (primary N) is 1. The lowest BCUT2D eigenvalue weighted by molar-refractivity contribution is 0.236. The molecule has 3 heteroatoms. The first-order chi connectivity index (χ1) is 9.70. The van der Waals surface area contributed by atoms with Crippen molar-refractivity contribution in [2.75, 3.05) is 13.6 Å². The molecule has 0 bridgehead atoms. The molecule has 2 nitrogen and oxygen atoms in total. The zero-order valence-electron chi connectivity index (χ0n) is 11.8. The Hall–Kier alpha value is -1.16. The molecule has 0 aliphatic rings. The highest BCUT2D eigenvalue weighted by Gasteiger charge is 2.14. The molecule has 2 aromatic carbocycles. The summed E-state index contributed by atoms with van der Waals surface area (Å²) >= 11 is 3.60. The summed E-state index contributed by atoms with van der Waals surface area (Å²) in [7, 11) is 2.14. The van der Waals surface area contributed by atoms with Gasteiger partial charge in [-0.05, 0) is 30.7 Å². The minimum Gasteiger partial charge on any atom is -0.329 e. The first kappa shape index (κ1) is 15.2. The van der Waals surface area contributed by atoms with E-state index in [1.165, 1.54) is 11.1 Å². The second-order valence-electron chi connectivity index (χ2n) is 5.09. The molecule has 2 rings (SSSR count). The van der Waals surface area contributed by atoms with Crippen molar-refractivity contribution in [2.24, 2.45) is 5.73 Å². The van der Waals surface area contributed by atoms with E-state index in [0.717, 1.165) is 17.4 Å². The Balaban J connectivity index is 2.02. The fourth-order valence-corrected chi connectivity index (χ4v) is 2.74. The van der Waals surface area contributed by atoms with Gasteiger partial charge in [-0.3, -0.25) is 4.90 Å². The van der Waals surface area contributed by atoms with Gasteiger partial charge in [0.25, 0.3) is 0 Å². The monoisotopic (exact) mass is 332 g/mol. The molecular weight excluding hydrogens is 312 g/mol. The fourth-order valence-electron chi connectivity index (χ4n) is 2.33. The summed E-state index contributed by atoms with van der Waals surface area (Å²) in [5.41, 5.74) is 8.59. The summed E-state index contributed by atoms with van der Waals surface area (Å²) in [6.45, 7) is 1.56. The number of hydrogen-bond donors (Lipinski definition) is 1. The Morgan fingerprint density at radius 3 is 2.35 bits per heavy atom. The van der Waals surface area contributed by atoms with Crippen molar-refractivity contribution < 1.29 is 0 Å². The summed E-state index contributed by atoms with van der Waals surface area (Å²) in [5, 5.41) is 0. The summed E-state index contributed by atoms with van der Waals surface area (Å²) in [5.74, 6) is 0. The maximum Gasteiger partial charge on any atom is 0.0259 e. The highest BCUT2D eigenvalue weighted by atomic mass is 79.9. The third-order valence-corrected chi connectivity index (χ3v) is 4.36. The molecule has 0 saturated heterocycles. The van der Waals surface area contributed by atoms with Gasteiger partial charge in [0.05, 0.1) is 0 Å². The van der Waals surface area contributed by atoms with Crippen molar-refractivity contribution in [1.82, 2.24) is 4.90 Å². The van der Waals surface area contributed by atoms with E-state index < -0.39 is 0 Å². The highest BCUT2D eigenvalue weighted by Crippen LogP contribution is 2.19. The van der Waals surface area contributed by atoms with Crippen molar-refractivity contribution in [3.8, 4) is 0 Å². The van der Waals surface area contributed by atoms with Crippen LogP contribution in [-0.4, -0.2) is 24.5 Å². The molecule has 0 radical (unpaired) electrons. The van der Waals surface area contributed by atoms with Crippen molar-refractivity contribution in [2.45, 2.75) is 19.0 Å². The van der Waals surface area contributed by atoms with Crippen molar-refractivity contribution >= 4 is 15.9 Å². The van der Waals surface area contributed by atoms with Crippen molar-refractivity contribution in [1.29, 1.82) is 0 Å². The first-order valence-corrected chi connectivity index (χ1v) is 7.67. The molecule has 0 fully saturated rings. The van der Waals surface area contributed by atoms with Crippen LogP contribution in [0.4, 0.5) is 0 Å². The van der Waals surface area contributed by atoms with Crippen LogP contribution in [0.15, 0.2) is 59.1 Å². The van der Waals surface area contributed by atoms with Crippen LogP contribution < -0.4 is 5.73 Å². The Morgan fingerprint density at radius 2 is 1.70 bits per heavy atom. The topological polar surface area (TPSA) is 29.3 Å². The van der Waals surface area contributed by atoms with Crippen LogP contribution >= 0.6 is 15.9 Å². The predicted molar refractivity (Wildman–Crippen MR) is 88.6 cm³/mol. The van der Waals surface area contributed by atoms with Gasteiger partial charge >= 0.3 is 0 Å². The van der Waals surface area contributed by atoms with Crippen molar-refractivity contribution in [3.05, 3.63) is 70.2 Å². The van der Waals surface area contributed by atoms with Gasteiger partial charge in [0.2, 0.25) is 0 Å². The molecule has 0 saturated carbocycles. The summed E-state index contributed by atoms with van der Waals surface area (Å²) in [6, 6.07) is 19.2. The largest absolute Gasteiger partial charge is 0.329 e. The summed E-state index contributed by atoms with van der Waals surface area (Å²) in [6.07, 6.45) is 0.984. The molecule has 0 spiro atoms. The van der Waals surface area contributed by atoms with E-state index in [4.69, 9.17) is 5.73 Å². The van der Waals surface area contributed by atoms with E-state index in [0.29, 0.717) is 12.6 Å². The number of benzene rings is 2. The molecule has 0 aromatic heterocycles. The predicted octanol–water partition coefficient (Wildman–Crippen LogP) is 3.45. The normalized spacial score (nSPS) is 12.6. The van der Waals surface area contributed by atoms with Crippen molar-refractivity contribution in [3.63, 3.8) is 0 Å². The molecule has 0 aliphatic heterocycles. The number of rotatable bonds is 6. The SMILES string of the molecule is CN(Cc1ccccc1Br)C(CN)Cc1ccccc1. The van der Waals surface area contributed by atoms with Crippen LogP contribution in [0, 0.1) is 0 Å². The van der Waals surface area contributed by atoms with Gasteiger partial charge in [0, 0.05) is 23.6 Å². The average Bonchev–Trinajstić information content (AvgIpc) is 2.48. The highest BCUT2D eigenvalue weighted by molar-refractivity contribution is 9.10. The molecule has 1 unspecified atom stereocenters. The van der Waals surface area contributed by atoms with E-state index in [2.05, 4.69) is 70.3 Å². The van der Waals surface area contributed by atoms with Crippen LogP contribution in [-0.2, 0) is 13.0 Å². The Labute approximate surface area is 129 Å². The molecule has 2 aromatic rings. The lowest BCUT2D eigenvalue weighted by Gasteiger charge is -2.27. The van der Waals surface area contributed by atoms with Gasteiger partial charge in [-0.2, -0.15) is 0 Å². The van der Waals surface area contributed by atoms with Crippen LogP contribution in [0.3, 0.4) is 0 Å². The number of likely N-dealkylation sites (N-methyl/N-ethyl adjacent to an activating group) is 1. The zero-order chi connectivity index (χ0) is 14.4. The summed E-state index contributed by atoms with van der Waals surface area (Å²) < 4.78 is 1.15. The van der Waals surface area contributed by atoms with E-state index in [1.807, 2.05) is 12.1 Å². The van der Waals surface area contributed by atoms with E-state index in [9.17, 15) is 0 Å². The van der Waals surface area contributed by atoms with Crippen LogP contribution in [0.5, 0.6) is 0 Å². The van der Waals surface area contributed by atoms with Gasteiger partial charge in [0.1, 0.15) is 0 Å². The summed E-state index contributed by atoms with van der Waals surface area (Å²) in [4.78, 5) is 2.33. The third-order valence-electron chi connectivity index (χ3n) is 3.59. The van der Waals surface area contributed by atoms with E-state index >= 15 is 0 Å². The van der Waals surface area contributed by atoms with E-state index in [-0.39, 0.29) is 0 Å². The molecule has 0 heterocycles. The minimum atomic E-state index is 0.351. The second kappa shape index (κ2) is 7.58. The minimum absolute atomic E-state index is 0.351. The fraction of sp³-hybridized carbons (Fsp3) is 0.294. The van der Waals surface area contributed by atoms with Gasteiger partial charge in [-0.25, -0.2) is 0 Å². The quantitative estimate of drug-likeness (QED) is 0.877. The zero-order valence-corrected chi connectivity index (χ0v) is 13.4.